The smallest absolute Gasteiger partial charge is 0.231 e. The highest BCUT2D eigenvalue weighted by atomic mass is 35.5. The Morgan fingerprint density at radius 2 is 1.84 bits per heavy atom. The van der Waals surface area contributed by atoms with Crippen LogP contribution in [0.15, 0.2) is 72.6 Å². The lowest BCUT2D eigenvalue weighted by atomic mass is 10.1. The highest BCUT2D eigenvalue weighted by Crippen LogP contribution is 2.40. The number of fused-ring (bicyclic) bond motifs is 2. The van der Waals surface area contributed by atoms with E-state index in [0.29, 0.717) is 34.5 Å². The van der Waals surface area contributed by atoms with Crippen molar-refractivity contribution >= 4 is 34.4 Å². The first-order valence-corrected chi connectivity index (χ1v) is 10.4. The Bertz CT molecular complexity index is 1370. The van der Waals surface area contributed by atoms with Crippen LogP contribution in [0.3, 0.4) is 0 Å². The highest BCUT2D eigenvalue weighted by molar-refractivity contribution is 6.31. The van der Waals surface area contributed by atoms with Crippen molar-refractivity contribution in [3.05, 3.63) is 99.9 Å². The number of carbonyl (C=O) groups is 1. The fourth-order valence-corrected chi connectivity index (χ4v) is 4.11. The number of hydrogen-bond donors (Lipinski definition) is 0. The topological polar surface area (TPSA) is 40.5 Å². The molecule has 5 heteroatoms. The summed E-state index contributed by atoms with van der Waals surface area (Å²) in [6, 6.07) is 19.2. The molecule has 0 amide bonds. The van der Waals surface area contributed by atoms with E-state index in [9.17, 15) is 4.79 Å². The van der Waals surface area contributed by atoms with Crippen LogP contribution in [0.4, 0.5) is 0 Å². The number of rotatable bonds is 4. The van der Waals surface area contributed by atoms with Gasteiger partial charge < -0.3 is 14.0 Å². The number of hydrogen-bond acceptors (Lipinski definition) is 3. The Morgan fingerprint density at radius 1 is 1.06 bits per heavy atom. The van der Waals surface area contributed by atoms with Gasteiger partial charge in [-0.05, 0) is 37.3 Å². The zero-order chi connectivity index (χ0) is 21.5. The summed E-state index contributed by atoms with van der Waals surface area (Å²) in [5.41, 5.74) is 4.29. The first-order valence-electron chi connectivity index (χ1n) is 10.0. The molecule has 0 bridgehead atoms. The summed E-state index contributed by atoms with van der Waals surface area (Å²) in [5.74, 6) is 1.41. The molecule has 0 saturated heterocycles. The van der Waals surface area contributed by atoms with Crippen LogP contribution in [0.25, 0.3) is 17.0 Å². The number of halogens is 1. The number of aryl methyl sites for hydroxylation is 1. The average Bonchev–Trinajstić information content (AvgIpc) is 3.27. The van der Waals surface area contributed by atoms with E-state index in [-0.39, 0.29) is 5.78 Å². The van der Waals surface area contributed by atoms with Gasteiger partial charge in [-0.2, -0.15) is 0 Å². The summed E-state index contributed by atoms with van der Waals surface area (Å²) < 4.78 is 14.0. The number of allylic oxidation sites excluding steroid dienone is 1. The summed E-state index contributed by atoms with van der Waals surface area (Å²) in [4.78, 5) is 13.0. The summed E-state index contributed by atoms with van der Waals surface area (Å²) in [6.07, 6.45) is 3.82. The fraction of sp³-hybridized carbons (Fsp3) is 0.115. The van der Waals surface area contributed by atoms with Crippen molar-refractivity contribution in [2.45, 2.75) is 13.5 Å². The zero-order valence-electron chi connectivity index (χ0n) is 17.2. The van der Waals surface area contributed by atoms with Gasteiger partial charge in [-0.3, -0.25) is 4.79 Å². The largest absolute Gasteiger partial charge is 0.488 e. The number of ketones is 1. The maximum absolute atomic E-state index is 13.0. The number of nitrogens with zero attached hydrogens (tertiary/aromatic N) is 1. The number of ether oxygens (including phenoxy) is 2. The van der Waals surface area contributed by atoms with E-state index in [1.54, 1.807) is 6.07 Å². The molecule has 0 atom stereocenters. The third-order valence-electron chi connectivity index (χ3n) is 5.59. The molecule has 1 aromatic heterocycles. The van der Waals surface area contributed by atoms with Crippen LogP contribution in [0.1, 0.15) is 27.0 Å². The predicted octanol–water partition coefficient (Wildman–Crippen LogP) is 6.34. The van der Waals surface area contributed by atoms with Crippen molar-refractivity contribution in [2.24, 2.45) is 7.05 Å². The maximum atomic E-state index is 13.0. The molecule has 31 heavy (non-hydrogen) atoms. The van der Waals surface area contributed by atoms with E-state index in [1.165, 1.54) is 0 Å². The molecule has 0 spiro atoms. The normalized spacial score (nSPS) is 14.2. The average molecular weight is 430 g/mol. The number of carbonyl (C=O) groups excluding carboxylic acids is 1. The second kappa shape index (κ2) is 7.64. The van der Waals surface area contributed by atoms with Crippen molar-refractivity contribution in [1.82, 2.24) is 4.57 Å². The Morgan fingerprint density at radius 3 is 2.68 bits per heavy atom. The Balaban J connectivity index is 1.45. The number of Topliss-reactive ketones (excluding diaryl/α,β-unsaturated/α-hetero) is 1. The van der Waals surface area contributed by atoms with Gasteiger partial charge in [-0.25, -0.2) is 0 Å². The van der Waals surface area contributed by atoms with Crippen molar-refractivity contribution in [1.29, 1.82) is 0 Å². The van der Waals surface area contributed by atoms with Crippen LogP contribution in [-0.2, 0) is 13.7 Å². The van der Waals surface area contributed by atoms with Crippen LogP contribution >= 0.6 is 11.6 Å². The monoisotopic (exact) mass is 429 g/mol. The minimum absolute atomic E-state index is 0.122. The van der Waals surface area contributed by atoms with Crippen LogP contribution in [-0.4, -0.2) is 10.4 Å². The fourth-order valence-electron chi connectivity index (χ4n) is 3.92. The minimum atomic E-state index is -0.122. The first-order chi connectivity index (χ1) is 15.0. The molecule has 1 aliphatic rings. The number of aromatic nitrogens is 1. The van der Waals surface area contributed by atoms with E-state index >= 15 is 0 Å². The van der Waals surface area contributed by atoms with E-state index in [0.717, 1.165) is 27.6 Å². The van der Waals surface area contributed by atoms with E-state index in [2.05, 4.69) is 6.07 Å². The van der Waals surface area contributed by atoms with Gasteiger partial charge in [-0.1, -0.05) is 48.0 Å². The molecule has 3 aromatic carbocycles. The van der Waals surface area contributed by atoms with Crippen molar-refractivity contribution in [3.63, 3.8) is 0 Å². The third-order valence-corrected chi connectivity index (χ3v) is 5.96. The summed E-state index contributed by atoms with van der Waals surface area (Å²) >= 11 is 6.22. The first kappa shape index (κ1) is 19.5. The quantitative estimate of drug-likeness (QED) is 0.355. The van der Waals surface area contributed by atoms with Gasteiger partial charge >= 0.3 is 0 Å². The lowest BCUT2D eigenvalue weighted by Crippen LogP contribution is -1.99. The van der Waals surface area contributed by atoms with Crippen molar-refractivity contribution in [3.8, 4) is 11.5 Å². The van der Waals surface area contributed by atoms with E-state index in [4.69, 9.17) is 21.1 Å². The lowest BCUT2D eigenvalue weighted by molar-refractivity contribution is 0.101. The van der Waals surface area contributed by atoms with Crippen LogP contribution in [0.2, 0.25) is 5.02 Å². The standard InChI is InChI=1S/C26H20ClNO3/c1-16-23(30-15-17-7-3-5-9-21(17)27)12-11-20-25(29)24(31-26(16)20)13-18-14-28(2)22-10-6-4-8-19(18)22/h3-14H,15H2,1-2H3/b24-13+. The second-order valence-corrected chi connectivity index (χ2v) is 8.00. The van der Waals surface area contributed by atoms with Crippen LogP contribution < -0.4 is 9.47 Å². The highest BCUT2D eigenvalue weighted by Gasteiger charge is 2.30. The van der Waals surface area contributed by atoms with Gasteiger partial charge in [0.05, 0.1) is 5.56 Å². The Kier molecular flexibility index (Phi) is 4.79. The molecule has 0 saturated carbocycles. The summed E-state index contributed by atoms with van der Waals surface area (Å²) in [7, 11) is 1.99. The molecule has 0 unspecified atom stereocenters. The van der Waals surface area contributed by atoms with Gasteiger partial charge in [0.15, 0.2) is 5.76 Å². The molecular formula is C26H20ClNO3. The van der Waals surface area contributed by atoms with Gasteiger partial charge in [0, 0.05) is 45.9 Å². The molecule has 4 aromatic rings. The summed E-state index contributed by atoms with van der Waals surface area (Å²) in [6.45, 7) is 2.24. The summed E-state index contributed by atoms with van der Waals surface area (Å²) in [5, 5.41) is 1.73. The van der Waals surface area contributed by atoms with Crippen LogP contribution in [0.5, 0.6) is 11.5 Å². The SMILES string of the molecule is Cc1c(OCc2ccccc2Cl)ccc2c1O/C(=C/c1cn(C)c3ccccc13)C2=O. The van der Waals surface area contributed by atoms with E-state index < -0.39 is 0 Å². The van der Waals surface area contributed by atoms with Gasteiger partial charge in [0.1, 0.15) is 18.1 Å². The van der Waals surface area contributed by atoms with Gasteiger partial charge in [0.25, 0.3) is 0 Å². The third kappa shape index (κ3) is 3.39. The molecule has 0 radical (unpaired) electrons. The molecule has 0 aliphatic carbocycles. The zero-order valence-corrected chi connectivity index (χ0v) is 17.9. The van der Waals surface area contributed by atoms with Gasteiger partial charge in [-0.15, -0.1) is 0 Å². The molecule has 1 aliphatic heterocycles. The lowest BCUT2D eigenvalue weighted by Gasteiger charge is -2.12. The van der Waals surface area contributed by atoms with Crippen molar-refractivity contribution in [2.75, 3.05) is 0 Å². The maximum Gasteiger partial charge on any atom is 0.231 e. The molecular weight excluding hydrogens is 410 g/mol. The minimum Gasteiger partial charge on any atom is -0.488 e. The molecule has 154 valence electrons. The Labute approximate surface area is 185 Å². The second-order valence-electron chi connectivity index (χ2n) is 7.60. The molecule has 5 rings (SSSR count). The number of benzene rings is 3. The molecule has 0 fully saturated rings. The van der Waals surface area contributed by atoms with Gasteiger partial charge in [0.2, 0.25) is 5.78 Å². The molecule has 2 heterocycles. The predicted molar refractivity (Wildman–Crippen MR) is 123 cm³/mol. The Hall–Kier alpha value is -3.50. The van der Waals surface area contributed by atoms with Crippen molar-refractivity contribution < 1.29 is 14.3 Å². The van der Waals surface area contributed by atoms with E-state index in [1.807, 2.05) is 79.3 Å². The molecule has 4 nitrogen and oxygen atoms in total. The number of para-hydroxylation sites is 1. The van der Waals surface area contributed by atoms with Crippen LogP contribution in [0, 0.1) is 6.92 Å². The molecule has 0 N–H and O–H groups in total.